The van der Waals surface area contributed by atoms with E-state index in [2.05, 4.69) is 23.3 Å². The summed E-state index contributed by atoms with van der Waals surface area (Å²) in [6.45, 7) is 4.92. The van der Waals surface area contributed by atoms with Gasteiger partial charge in [-0.2, -0.15) is 4.31 Å². The minimum absolute atomic E-state index is 0.222. The smallest absolute Gasteiger partial charge is 0.238 e. The van der Waals surface area contributed by atoms with E-state index < -0.39 is 16.1 Å². The number of rotatable bonds is 4. The Labute approximate surface area is 142 Å². The molecule has 0 radical (unpaired) electrons. The topological polar surface area (TPSA) is 82.3 Å². The Hall–Kier alpha value is -1.86. The zero-order valence-corrected chi connectivity index (χ0v) is 15.0. The second-order valence-corrected chi connectivity index (χ2v) is 8.44. The van der Waals surface area contributed by atoms with Gasteiger partial charge in [-0.25, -0.2) is 8.42 Å². The van der Waals surface area contributed by atoms with E-state index in [0.29, 0.717) is 19.5 Å². The Kier molecular flexibility index (Phi) is 4.40. The molecule has 24 heavy (non-hydrogen) atoms. The zero-order valence-electron chi connectivity index (χ0n) is 14.2. The Bertz CT molecular complexity index is 886. The standard InChI is InChI=1S/C17H23N3O3S/c1-11-12(2)19-15-7-6-13(9-14(11)15)10-18-17(21)16-5-4-8-20(16)24(3,22)23/h6-7,9,16,19H,4-5,8,10H2,1-3H3,(H,18,21)/t16-/m0/s1. The Morgan fingerprint density at radius 2 is 2.12 bits per heavy atom. The first-order chi connectivity index (χ1) is 11.3. The maximum atomic E-state index is 12.4. The van der Waals surface area contributed by atoms with E-state index in [1.54, 1.807) is 0 Å². The average molecular weight is 349 g/mol. The molecule has 0 spiro atoms. The lowest BCUT2D eigenvalue weighted by atomic mass is 10.1. The minimum Gasteiger partial charge on any atom is -0.358 e. The molecule has 1 atom stereocenters. The number of carbonyl (C=O) groups is 1. The van der Waals surface area contributed by atoms with Crippen molar-refractivity contribution in [2.24, 2.45) is 0 Å². The van der Waals surface area contributed by atoms with Crippen LogP contribution in [0.25, 0.3) is 10.9 Å². The van der Waals surface area contributed by atoms with Gasteiger partial charge in [0.15, 0.2) is 0 Å². The number of amides is 1. The number of nitrogens with zero attached hydrogens (tertiary/aromatic N) is 1. The maximum absolute atomic E-state index is 12.4. The number of nitrogens with one attached hydrogen (secondary N) is 2. The van der Waals surface area contributed by atoms with E-state index in [1.165, 1.54) is 9.87 Å². The van der Waals surface area contributed by atoms with Crippen molar-refractivity contribution in [3.63, 3.8) is 0 Å². The largest absolute Gasteiger partial charge is 0.358 e. The highest BCUT2D eigenvalue weighted by Gasteiger charge is 2.36. The number of aromatic nitrogens is 1. The van der Waals surface area contributed by atoms with Crippen LogP contribution in [0.2, 0.25) is 0 Å². The van der Waals surface area contributed by atoms with Crippen LogP contribution in [-0.2, 0) is 21.4 Å². The molecule has 7 heteroatoms. The summed E-state index contributed by atoms with van der Waals surface area (Å²) >= 11 is 0. The highest BCUT2D eigenvalue weighted by Crippen LogP contribution is 2.23. The molecule has 6 nitrogen and oxygen atoms in total. The van der Waals surface area contributed by atoms with Crippen LogP contribution >= 0.6 is 0 Å². The number of aromatic amines is 1. The summed E-state index contributed by atoms with van der Waals surface area (Å²) in [5.74, 6) is -0.222. The number of hydrogen-bond donors (Lipinski definition) is 2. The van der Waals surface area contributed by atoms with Gasteiger partial charge in [-0.05, 0) is 49.9 Å². The molecule has 0 aliphatic carbocycles. The summed E-state index contributed by atoms with van der Waals surface area (Å²) in [7, 11) is -3.34. The van der Waals surface area contributed by atoms with Gasteiger partial charge in [0.2, 0.25) is 15.9 Å². The van der Waals surface area contributed by atoms with Gasteiger partial charge in [-0.1, -0.05) is 6.07 Å². The second-order valence-electron chi connectivity index (χ2n) is 6.50. The van der Waals surface area contributed by atoms with Gasteiger partial charge < -0.3 is 10.3 Å². The molecule has 1 aliphatic heterocycles. The monoisotopic (exact) mass is 349 g/mol. The number of aryl methyl sites for hydroxylation is 2. The summed E-state index contributed by atoms with van der Waals surface area (Å²) in [5.41, 5.74) is 4.43. The highest BCUT2D eigenvalue weighted by atomic mass is 32.2. The summed E-state index contributed by atoms with van der Waals surface area (Å²) in [5, 5.41) is 4.03. The molecule has 0 unspecified atom stereocenters. The summed E-state index contributed by atoms with van der Waals surface area (Å²) < 4.78 is 24.8. The lowest BCUT2D eigenvalue weighted by Gasteiger charge is -2.21. The van der Waals surface area contributed by atoms with Crippen LogP contribution < -0.4 is 5.32 Å². The van der Waals surface area contributed by atoms with E-state index in [-0.39, 0.29) is 5.91 Å². The first-order valence-electron chi connectivity index (χ1n) is 8.09. The Balaban J connectivity index is 1.71. The predicted molar refractivity (Wildman–Crippen MR) is 94.2 cm³/mol. The fourth-order valence-electron chi connectivity index (χ4n) is 3.32. The first kappa shape index (κ1) is 17.0. The molecule has 1 amide bonds. The lowest BCUT2D eigenvalue weighted by molar-refractivity contribution is -0.124. The highest BCUT2D eigenvalue weighted by molar-refractivity contribution is 7.88. The van der Waals surface area contributed by atoms with Gasteiger partial charge in [0, 0.05) is 29.7 Å². The van der Waals surface area contributed by atoms with E-state index in [4.69, 9.17) is 0 Å². The van der Waals surface area contributed by atoms with Crippen molar-refractivity contribution in [3.05, 3.63) is 35.0 Å². The molecule has 0 bridgehead atoms. The van der Waals surface area contributed by atoms with Crippen molar-refractivity contribution in [2.75, 3.05) is 12.8 Å². The van der Waals surface area contributed by atoms with Gasteiger partial charge in [0.25, 0.3) is 0 Å². The normalized spacial score (nSPS) is 19.0. The molecule has 1 saturated heterocycles. The van der Waals surface area contributed by atoms with Crippen molar-refractivity contribution >= 4 is 26.8 Å². The molecule has 2 aromatic rings. The summed E-state index contributed by atoms with van der Waals surface area (Å²) in [4.78, 5) is 15.7. The molecular weight excluding hydrogens is 326 g/mol. The molecule has 2 heterocycles. The number of H-pyrrole nitrogens is 1. The Morgan fingerprint density at radius 3 is 2.83 bits per heavy atom. The SMILES string of the molecule is Cc1[nH]c2ccc(CNC(=O)[C@@H]3CCCN3S(C)(=O)=O)cc2c1C. The summed E-state index contributed by atoms with van der Waals surface area (Å²) in [6.07, 6.45) is 2.45. The third-order valence-corrected chi connectivity index (χ3v) is 6.06. The molecule has 3 rings (SSSR count). The number of carbonyl (C=O) groups excluding carboxylic acids is 1. The van der Waals surface area contributed by atoms with Crippen LogP contribution in [0.4, 0.5) is 0 Å². The van der Waals surface area contributed by atoms with Crippen LogP contribution in [0.5, 0.6) is 0 Å². The number of benzene rings is 1. The zero-order chi connectivity index (χ0) is 17.5. The van der Waals surface area contributed by atoms with Gasteiger partial charge in [0.1, 0.15) is 6.04 Å². The second kappa shape index (κ2) is 6.22. The molecule has 1 fully saturated rings. The van der Waals surface area contributed by atoms with Crippen molar-refractivity contribution in [1.29, 1.82) is 0 Å². The number of fused-ring (bicyclic) bond motifs is 1. The first-order valence-corrected chi connectivity index (χ1v) is 9.94. The molecule has 130 valence electrons. The fraction of sp³-hybridized carbons (Fsp3) is 0.471. The predicted octanol–water partition coefficient (Wildman–Crippen LogP) is 1.82. The minimum atomic E-state index is -3.34. The van der Waals surface area contributed by atoms with Crippen LogP contribution in [0.15, 0.2) is 18.2 Å². The number of sulfonamides is 1. The third-order valence-electron chi connectivity index (χ3n) is 4.77. The van der Waals surface area contributed by atoms with Gasteiger partial charge >= 0.3 is 0 Å². The van der Waals surface area contributed by atoms with Crippen LogP contribution in [0.1, 0.15) is 29.7 Å². The molecule has 0 saturated carbocycles. The molecule has 1 aromatic heterocycles. The Morgan fingerprint density at radius 1 is 1.38 bits per heavy atom. The van der Waals surface area contributed by atoms with Crippen LogP contribution in [0, 0.1) is 13.8 Å². The molecule has 1 aliphatic rings. The van der Waals surface area contributed by atoms with Gasteiger partial charge in [0.05, 0.1) is 6.26 Å². The summed E-state index contributed by atoms with van der Waals surface area (Å²) in [6, 6.07) is 5.47. The van der Waals surface area contributed by atoms with Gasteiger partial charge in [-0.15, -0.1) is 0 Å². The van der Waals surface area contributed by atoms with Crippen molar-refractivity contribution in [2.45, 2.75) is 39.3 Å². The van der Waals surface area contributed by atoms with Crippen molar-refractivity contribution < 1.29 is 13.2 Å². The van der Waals surface area contributed by atoms with Crippen LogP contribution in [-0.4, -0.2) is 42.5 Å². The average Bonchev–Trinajstić information content (AvgIpc) is 3.11. The van der Waals surface area contributed by atoms with E-state index in [9.17, 15) is 13.2 Å². The third kappa shape index (κ3) is 3.18. The van der Waals surface area contributed by atoms with Crippen molar-refractivity contribution in [1.82, 2.24) is 14.6 Å². The number of hydrogen-bond acceptors (Lipinski definition) is 3. The van der Waals surface area contributed by atoms with E-state index in [1.807, 2.05) is 19.1 Å². The lowest BCUT2D eigenvalue weighted by Crippen LogP contribution is -2.45. The van der Waals surface area contributed by atoms with Gasteiger partial charge in [-0.3, -0.25) is 4.79 Å². The van der Waals surface area contributed by atoms with E-state index >= 15 is 0 Å². The molecule has 2 N–H and O–H groups in total. The van der Waals surface area contributed by atoms with Crippen molar-refractivity contribution in [3.8, 4) is 0 Å². The van der Waals surface area contributed by atoms with Crippen LogP contribution in [0.3, 0.4) is 0 Å². The molecular formula is C17H23N3O3S. The fourth-order valence-corrected chi connectivity index (χ4v) is 4.45. The maximum Gasteiger partial charge on any atom is 0.238 e. The quantitative estimate of drug-likeness (QED) is 0.883. The van der Waals surface area contributed by atoms with E-state index in [0.717, 1.165) is 34.8 Å². The molecule has 1 aromatic carbocycles.